The molecule has 0 fully saturated rings. The minimum Gasteiger partial charge on any atom is -0.508 e. The number of phenolic OH excluding ortho intramolecular Hbond substituents is 1. The second-order valence-electron chi connectivity index (χ2n) is 5.22. The fraction of sp³-hybridized carbons (Fsp3) is 0.167. The van der Waals surface area contributed by atoms with Crippen molar-refractivity contribution < 1.29 is 18.3 Å². The van der Waals surface area contributed by atoms with E-state index in [9.17, 15) is 18.3 Å². The molecule has 0 bridgehead atoms. The molecule has 3 aromatic rings. The molecule has 1 N–H and O–H groups in total. The molecule has 0 saturated heterocycles. The van der Waals surface area contributed by atoms with Gasteiger partial charge < -0.3 is 9.67 Å². The van der Waals surface area contributed by atoms with Crippen LogP contribution in [-0.4, -0.2) is 20.9 Å². The van der Waals surface area contributed by atoms with Gasteiger partial charge in [0.2, 0.25) is 0 Å². The number of rotatable bonds is 3. The summed E-state index contributed by atoms with van der Waals surface area (Å²) < 4.78 is 38.3. The van der Waals surface area contributed by atoms with Crippen molar-refractivity contribution in [2.75, 3.05) is 6.26 Å². The first-order chi connectivity index (χ1) is 12.3. The highest BCUT2D eigenvalue weighted by Crippen LogP contribution is 2.29. The maximum absolute atomic E-state index is 11.9. The third-order valence-corrected chi connectivity index (χ3v) is 4.45. The highest BCUT2D eigenvalue weighted by molar-refractivity contribution is 9.10. The topological polar surface area (TPSA) is 38.0 Å². The van der Waals surface area contributed by atoms with Crippen molar-refractivity contribution in [2.45, 2.75) is 11.9 Å². The molecule has 0 saturated carbocycles. The molecule has 8 heteroatoms. The molecule has 0 aliphatic rings. The van der Waals surface area contributed by atoms with Crippen LogP contribution in [0.25, 0.3) is 5.69 Å². The third-order valence-electron chi connectivity index (χ3n) is 3.32. The summed E-state index contributed by atoms with van der Waals surface area (Å²) >= 11 is 4.77. The van der Waals surface area contributed by atoms with Crippen LogP contribution >= 0.6 is 27.7 Å². The van der Waals surface area contributed by atoms with E-state index in [-0.39, 0.29) is 0 Å². The summed E-state index contributed by atoms with van der Waals surface area (Å²) in [4.78, 5) is 4.02. The van der Waals surface area contributed by atoms with Gasteiger partial charge in [0, 0.05) is 22.6 Å². The Bertz CT molecular complexity index is 821. The van der Waals surface area contributed by atoms with Crippen LogP contribution in [-0.2, 0) is 11.9 Å². The Labute approximate surface area is 162 Å². The quantitative estimate of drug-likeness (QED) is 0.545. The molecule has 0 radical (unpaired) electrons. The predicted molar refractivity (Wildman–Crippen MR) is 102 cm³/mol. The van der Waals surface area contributed by atoms with Crippen LogP contribution in [0.2, 0.25) is 0 Å². The van der Waals surface area contributed by atoms with Crippen LogP contribution < -0.4 is 0 Å². The van der Waals surface area contributed by atoms with E-state index in [2.05, 4.69) is 20.9 Å². The lowest BCUT2D eigenvalue weighted by Crippen LogP contribution is -2.03. The SMILES string of the molecule is CSCc1cc(O)ccc1-n1ccnc1.FC(F)(F)c1ccc(Br)cc1. The van der Waals surface area contributed by atoms with Crippen molar-refractivity contribution in [3.63, 3.8) is 0 Å². The van der Waals surface area contributed by atoms with Gasteiger partial charge in [0.25, 0.3) is 0 Å². The van der Waals surface area contributed by atoms with Crippen molar-refractivity contribution in [3.05, 3.63) is 76.8 Å². The molecule has 0 unspecified atom stereocenters. The zero-order valence-corrected chi connectivity index (χ0v) is 16.1. The fourth-order valence-corrected chi connectivity index (χ4v) is 2.94. The summed E-state index contributed by atoms with van der Waals surface area (Å²) in [5.74, 6) is 1.19. The Hall–Kier alpha value is -1.93. The number of aromatic nitrogens is 2. The molecule has 1 heterocycles. The average molecular weight is 445 g/mol. The van der Waals surface area contributed by atoms with Crippen molar-refractivity contribution in [1.82, 2.24) is 9.55 Å². The first-order valence-electron chi connectivity index (χ1n) is 7.43. The molecule has 0 spiro atoms. The van der Waals surface area contributed by atoms with E-state index in [1.54, 1.807) is 36.4 Å². The normalized spacial score (nSPS) is 11.0. The van der Waals surface area contributed by atoms with Crippen LogP contribution in [0.4, 0.5) is 13.2 Å². The predicted octanol–water partition coefficient (Wildman–Crippen LogP) is 5.91. The van der Waals surface area contributed by atoms with Gasteiger partial charge in [-0.25, -0.2) is 4.98 Å². The van der Waals surface area contributed by atoms with Crippen LogP contribution in [0, 0.1) is 0 Å². The summed E-state index contributed by atoms with van der Waals surface area (Å²) in [6.45, 7) is 0. The molecule has 1 aromatic heterocycles. The Morgan fingerprint density at radius 1 is 1.15 bits per heavy atom. The van der Waals surface area contributed by atoms with Gasteiger partial charge in [0.15, 0.2) is 0 Å². The number of thioether (sulfide) groups is 1. The van der Waals surface area contributed by atoms with Crippen molar-refractivity contribution >= 4 is 27.7 Å². The summed E-state index contributed by atoms with van der Waals surface area (Å²) in [6.07, 6.45) is 3.21. The molecule has 0 aliphatic carbocycles. The second kappa shape index (κ2) is 9.14. The maximum atomic E-state index is 11.9. The molecule has 3 nitrogen and oxygen atoms in total. The number of hydrogen-bond donors (Lipinski definition) is 1. The zero-order valence-electron chi connectivity index (χ0n) is 13.7. The Balaban J connectivity index is 0.000000197. The smallest absolute Gasteiger partial charge is 0.416 e. The van der Waals surface area contributed by atoms with E-state index in [0.29, 0.717) is 10.2 Å². The lowest BCUT2D eigenvalue weighted by molar-refractivity contribution is -0.137. The highest BCUT2D eigenvalue weighted by atomic mass is 79.9. The zero-order chi connectivity index (χ0) is 19.2. The lowest BCUT2D eigenvalue weighted by atomic mass is 10.2. The van der Waals surface area contributed by atoms with Gasteiger partial charge in [0.1, 0.15) is 5.75 Å². The summed E-state index contributed by atoms with van der Waals surface area (Å²) in [5.41, 5.74) is 1.56. The van der Waals surface area contributed by atoms with Gasteiger partial charge >= 0.3 is 6.18 Å². The maximum Gasteiger partial charge on any atom is 0.416 e. The van der Waals surface area contributed by atoms with Crippen molar-refractivity contribution in [1.29, 1.82) is 0 Å². The van der Waals surface area contributed by atoms with E-state index in [1.165, 1.54) is 12.1 Å². The summed E-state index contributed by atoms with van der Waals surface area (Å²) in [6, 6.07) is 10.2. The van der Waals surface area contributed by atoms with E-state index < -0.39 is 11.7 Å². The van der Waals surface area contributed by atoms with Gasteiger partial charge in [-0.15, -0.1) is 0 Å². The minimum atomic E-state index is -4.24. The van der Waals surface area contributed by atoms with Crippen LogP contribution in [0.5, 0.6) is 5.75 Å². The Morgan fingerprint density at radius 2 is 1.85 bits per heavy atom. The van der Waals surface area contributed by atoms with Gasteiger partial charge in [-0.3, -0.25) is 0 Å². The molecular formula is C18H16BrF3N2OS. The largest absolute Gasteiger partial charge is 0.508 e. The third kappa shape index (κ3) is 5.81. The number of hydrogen-bond acceptors (Lipinski definition) is 3. The van der Waals surface area contributed by atoms with Crippen molar-refractivity contribution in [3.8, 4) is 11.4 Å². The van der Waals surface area contributed by atoms with Gasteiger partial charge in [-0.05, 0) is 54.3 Å². The summed E-state index contributed by atoms with van der Waals surface area (Å²) in [5, 5.41) is 9.43. The van der Waals surface area contributed by atoms with Crippen LogP contribution in [0.3, 0.4) is 0 Å². The first kappa shape index (κ1) is 20.4. The second-order valence-corrected chi connectivity index (χ2v) is 7.00. The first-order valence-corrected chi connectivity index (χ1v) is 9.62. The van der Waals surface area contributed by atoms with E-state index >= 15 is 0 Å². The fourth-order valence-electron chi connectivity index (χ4n) is 2.14. The number of benzene rings is 2. The molecule has 138 valence electrons. The molecule has 0 amide bonds. The number of nitrogens with zero attached hydrogens (tertiary/aromatic N) is 2. The van der Waals surface area contributed by atoms with Crippen molar-refractivity contribution in [2.24, 2.45) is 0 Å². The molecule has 0 aliphatic heterocycles. The van der Waals surface area contributed by atoms with Crippen LogP contribution in [0.1, 0.15) is 11.1 Å². The average Bonchev–Trinajstić information content (AvgIpc) is 3.10. The molecule has 0 atom stereocenters. The Kier molecular flexibility index (Phi) is 7.16. The van der Waals surface area contributed by atoms with Gasteiger partial charge in [-0.2, -0.15) is 24.9 Å². The number of phenols is 1. The molecular weight excluding hydrogens is 429 g/mol. The number of aromatic hydroxyl groups is 1. The number of alkyl halides is 3. The Morgan fingerprint density at radius 3 is 2.38 bits per heavy atom. The number of imidazole rings is 1. The van der Waals surface area contributed by atoms with E-state index in [4.69, 9.17) is 0 Å². The standard InChI is InChI=1S/C11H12N2OS.C7H4BrF3/c1-15-7-9-6-10(14)2-3-11(9)13-5-4-12-8-13;8-6-3-1-5(2-4-6)7(9,10)11/h2-6,8,14H,7H2,1H3;1-4H. The monoisotopic (exact) mass is 444 g/mol. The van der Waals surface area contributed by atoms with E-state index in [1.807, 2.05) is 23.1 Å². The lowest BCUT2D eigenvalue weighted by Gasteiger charge is -2.09. The molecule has 26 heavy (non-hydrogen) atoms. The molecule has 2 aromatic carbocycles. The number of halogens is 4. The van der Waals surface area contributed by atoms with Gasteiger partial charge in [-0.1, -0.05) is 15.9 Å². The summed E-state index contributed by atoms with van der Waals surface area (Å²) in [7, 11) is 0. The molecule has 3 rings (SSSR count). The minimum absolute atomic E-state index is 0.308. The van der Waals surface area contributed by atoms with Crippen LogP contribution in [0.15, 0.2) is 65.7 Å². The highest BCUT2D eigenvalue weighted by Gasteiger charge is 2.29. The van der Waals surface area contributed by atoms with Gasteiger partial charge in [0.05, 0.1) is 17.6 Å². The van der Waals surface area contributed by atoms with E-state index in [0.717, 1.165) is 29.1 Å².